The van der Waals surface area contributed by atoms with Crippen LogP contribution in [0.2, 0.25) is 0 Å². The fraction of sp³-hybridized carbons (Fsp3) is 0.435. The van der Waals surface area contributed by atoms with Gasteiger partial charge in [0.25, 0.3) is 0 Å². The van der Waals surface area contributed by atoms with Gasteiger partial charge in [0.2, 0.25) is 15.9 Å². The third-order valence-electron chi connectivity index (χ3n) is 5.58. The molecule has 0 atom stereocenters. The second-order valence-electron chi connectivity index (χ2n) is 7.71. The summed E-state index contributed by atoms with van der Waals surface area (Å²) in [5.74, 6) is 0.0620. The lowest BCUT2D eigenvalue weighted by atomic mass is 9.74. The van der Waals surface area contributed by atoms with E-state index in [-0.39, 0.29) is 17.9 Å². The average molecular weight is 447 g/mol. The lowest BCUT2D eigenvalue weighted by Crippen LogP contribution is -2.47. The molecule has 1 aliphatic heterocycles. The van der Waals surface area contributed by atoms with Crippen LogP contribution >= 0.6 is 0 Å². The maximum absolute atomic E-state index is 12.9. The summed E-state index contributed by atoms with van der Waals surface area (Å²) in [5, 5.41) is 2.97. The molecule has 8 heteroatoms. The van der Waals surface area contributed by atoms with Crippen molar-refractivity contribution in [2.75, 3.05) is 43.5 Å². The number of benzene rings is 2. The van der Waals surface area contributed by atoms with Gasteiger partial charge in [0, 0.05) is 25.2 Å². The molecule has 7 nitrogen and oxygen atoms in total. The Morgan fingerprint density at radius 1 is 1.10 bits per heavy atom. The monoisotopic (exact) mass is 446 g/mol. The molecule has 2 aromatic carbocycles. The van der Waals surface area contributed by atoms with Crippen LogP contribution < -0.4 is 14.4 Å². The molecule has 1 fully saturated rings. The van der Waals surface area contributed by atoms with Gasteiger partial charge < -0.3 is 14.8 Å². The average Bonchev–Trinajstić information content (AvgIpc) is 2.77. The van der Waals surface area contributed by atoms with E-state index in [1.54, 1.807) is 24.3 Å². The van der Waals surface area contributed by atoms with Crippen LogP contribution in [0.4, 0.5) is 5.69 Å². The molecule has 1 saturated heterocycles. The van der Waals surface area contributed by atoms with Crippen molar-refractivity contribution in [3.8, 4) is 5.75 Å². The van der Waals surface area contributed by atoms with Crippen molar-refractivity contribution in [2.24, 2.45) is 0 Å². The largest absolute Gasteiger partial charge is 0.492 e. The van der Waals surface area contributed by atoms with E-state index in [9.17, 15) is 13.2 Å². The number of hydrogen-bond acceptors (Lipinski definition) is 5. The first-order chi connectivity index (χ1) is 14.9. The molecule has 0 spiro atoms. The predicted octanol–water partition coefficient (Wildman–Crippen LogP) is 2.72. The van der Waals surface area contributed by atoms with E-state index in [1.165, 1.54) is 0 Å². The first-order valence-electron chi connectivity index (χ1n) is 10.5. The van der Waals surface area contributed by atoms with E-state index in [0.717, 1.165) is 29.0 Å². The molecule has 0 aromatic heterocycles. The highest BCUT2D eigenvalue weighted by atomic mass is 32.2. The van der Waals surface area contributed by atoms with Crippen LogP contribution in [0, 0.1) is 0 Å². The quantitative estimate of drug-likeness (QED) is 0.640. The minimum absolute atomic E-state index is 0.228. The second-order valence-corrected chi connectivity index (χ2v) is 9.61. The van der Waals surface area contributed by atoms with Crippen molar-refractivity contribution >= 4 is 21.6 Å². The van der Waals surface area contributed by atoms with E-state index in [0.29, 0.717) is 37.8 Å². The normalized spacial score (nSPS) is 15.8. The summed E-state index contributed by atoms with van der Waals surface area (Å²) in [4.78, 5) is 12.9. The number of ether oxygens (including phenoxy) is 2. The van der Waals surface area contributed by atoms with Crippen molar-refractivity contribution in [3.63, 3.8) is 0 Å². The summed E-state index contributed by atoms with van der Waals surface area (Å²) < 4.78 is 37.2. The van der Waals surface area contributed by atoms with Crippen LogP contribution in [0.3, 0.4) is 0 Å². The summed E-state index contributed by atoms with van der Waals surface area (Å²) in [7, 11) is -3.69. The number of nitrogens with zero attached hydrogens (tertiary/aromatic N) is 1. The zero-order valence-corrected chi connectivity index (χ0v) is 18.9. The van der Waals surface area contributed by atoms with Crippen LogP contribution in [0.5, 0.6) is 5.75 Å². The summed E-state index contributed by atoms with van der Waals surface area (Å²) in [6.07, 6.45) is 2.67. The van der Waals surface area contributed by atoms with Gasteiger partial charge in [-0.05, 0) is 37.5 Å². The van der Waals surface area contributed by atoms with Gasteiger partial charge in [-0.1, -0.05) is 42.5 Å². The fourth-order valence-corrected chi connectivity index (χ4v) is 4.76. The summed E-state index contributed by atoms with van der Waals surface area (Å²) in [5.41, 5.74) is 1.28. The van der Waals surface area contributed by atoms with Crippen molar-refractivity contribution < 1.29 is 22.7 Å². The number of sulfonamides is 1. The summed E-state index contributed by atoms with van der Waals surface area (Å²) in [6, 6.07) is 16.9. The number of hydrogen-bond donors (Lipinski definition) is 1. The molecule has 0 saturated carbocycles. The number of carbonyl (C=O) groups is 1. The first kappa shape index (κ1) is 23.1. The minimum atomic E-state index is -3.69. The van der Waals surface area contributed by atoms with E-state index in [1.807, 2.05) is 25.1 Å². The minimum Gasteiger partial charge on any atom is -0.492 e. The Bertz CT molecular complexity index is 972. The standard InChI is InChI=1S/C23H30N2O5S/c1-3-30-21-12-8-7-11-20(21)25(31(2,27)28)17-22(26)24-18-23(13-15-29-16-14-23)19-9-5-4-6-10-19/h4-12H,3,13-18H2,1-2H3,(H,24,26). The van der Waals surface area contributed by atoms with Gasteiger partial charge in [0.15, 0.2) is 0 Å². The number of carbonyl (C=O) groups excluding carboxylic acids is 1. The van der Waals surface area contributed by atoms with E-state index < -0.39 is 10.0 Å². The third-order valence-corrected chi connectivity index (χ3v) is 6.71. The fourth-order valence-electron chi connectivity index (χ4n) is 3.90. The van der Waals surface area contributed by atoms with Gasteiger partial charge in [0.1, 0.15) is 12.3 Å². The Hall–Kier alpha value is -2.58. The molecule has 31 heavy (non-hydrogen) atoms. The summed E-state index contributed by atoms with van der Waals surface area (Å²) >= 11 is 0. The Labute approximate surface area is 184 Å². The molecule has 1 heterocycles. The molecule has 1 N–H and O–H groups in total. The van der Waals surface area contributed by atoms with Gasteiger partial charge in [-0.3, -0.25) is 9.10 Å². The van der Waals surface area contributed by atoms with Crippen LogP contribution in [-0.4, -0.2) is 53.5 Å². The molecule has 168 valence electrons. The zero-order chi connectivity index (χ0) is 22.3. The lowest BCUT2D eigenvalue weighted by molar-refractivity contribution is -0.120. The first-order valence-corrected chi connectivity index (χ1v) is 12.3. The molecular weight excluding hydrogens is 416 g/mol. The Kier molecular flexibility index (Phi) is 7.56. The molecule has 0 bridgehead atoms. The maximum atomic E-state index is 12.9. The van der Waals surface area contributed by atoms with Gasteiger partial charge in [0.05, 0.1) is 18.6 Å². The Balaban J connectivity index is 1.77. The molecule has 0 unspecified atom stereocenters. The molecule has 0 radical (unpaired) electrons. The molecule has 0 aliphatic carbocycles. The van der Waals surface area contributed by atoms with Gasteiger partial charge >= 0.3 is 0 Å². The van der Waals surface area contributed by atoms with E-state index >= 15 is 0 Å². The zero-order valence-electron chi connectivity index (χ0n) is 18.0. The van der Waals surface area contributed by atoms with Gasteiger partial charge in [-0.25, -0.2) is 8.42 Å². The predicted molar refractivity (Wildman–Crippen MR) is 121 cm³/mol. The van der Waals surface area contributed by atoms with Crippen molar-refractivity contribution in [2.45, 2.75) is 25.2 Å². The second kappa shape index (κ2) is 10.2. The van der Waals surface area contributed by atoms with Crippen molar-refractivity contribution in [1.82, 2.24) is 5.32 Å². The van der Waals surface area contributed by atoms with Crippen molar-refractivity contribution in [3.05, 3.63) is 60.2 Å². The van der Waals surface area contributed by atoms with E-state index in [4.69, 9.17) is 9.47 Å². The van der Waals surface area contributed by atoms with Gasteiger partial charge in [-0.15, -0.1) is 0 Å². The number of nitrogens with one attached hydrogen (secondary N) is 1. The lowest BCUT2D eigenvalue weighted by Gasteiger charge is -2.38. The van der Waals surface area contributed by atoms with Crippen LogP contribution in [0.25, 0.3) is 0 Å². The molecule has 1 amide bonds. The molecular formula is C23H30N2O5S. The topological polar surface area (TPSA) is 84.9 Å². The highest BCUT2D eigenvalue weighted by molar-refractivity contribution is 7.92. The smallest absolute Gasteiger partial charge is 0.240 e. The molecule has 1 aliphatic rings. The van der Waals surface area contributed by atoms with Crippen LogP contribution in [-0.2, 0) is 25.0 Å². The third kappa shape index (κ3) is 5.77. The number of anilines is 1. The maximum Gasteiger partial charge on any atom is 0.240 e. The number of para-hydroxylation sites is 2. The van der Waals surface area contributed by atoms with Crippen LogP contribution in [0.1, 0.15) is 25.3 Å². The van der Waals surface area contributed by atoms with Crippen molar-refractivity contribution in [1.29, 1.82) is 0 Å². The Morgan fingerprint density at radius 3 is 2.39 bits per heavy atom. The van der Waals surface area contributed by atoms with Gasteiger partial charge in [-0.2, -0.15) is 0 Å². The Morgan fingerprint density at radius 2 is 1.74 bits per heavy atom. The SMILES string of the molecule is CCOc1ccccc1N(CC(=O)NCC1(c2ccccc2)CCOCC1)S(C)(=O)=O. The van der Waals surface area contributed by atoms with E-state index in [2.05, 4.69) is 17.4 Å². The summed E-state index contributed by atoms with van der Waals surface area (Å²) in [6.45, 7) is 3.58. The highest BCUT2D eigenvalue weighted by Crippen LogP contribution is 2.34. The highest BCUT2D eigenvalue weighted by Gasteiger charge is 2.35. The molecule has 3 rings (SSSR count). The van der Waals surface area contributed by atoms with Crippen LogP contribution in [0.15, 0.2) is 54.6 Å². The number of rotatable bonds is 9. The number of amides is 1. The molecule has 2 aromatic rings.